The summed E-state index contributed by atoms with van der Waals surface area (Å²) in [6, 6.07) is 28.5. The first kappa shape index (κ1) is 22.3. The summed E-state index contributed by atoms with van der Waals surface area (Å²) in [6.07, 6.45) is 2.20. The fourth-order valence-electron chi connectivity index (χ4n) is 3.86. The fraction of sp³-hybridized carbons (Fsp3) is 0.179. The molecule has 1 fully saturated rings. The van der Waals surface area contributed by atoms with Crippen LogP contribution < -0.4 is 15.8 Å². The number of carbonyl (C=O) groups excluding carboxylic acids is 1. The quantitative estimate of drug-likeness (QED) is 0.383. The summed E-state index contributed by atoms with van der Waals surface area (Å²) in [5.41, 5.74) is 8.61. The maximum Gasteiger partial charge on any atom is 0.220 e. The van der Waals surface area contributed by atoms with Gasteiger partial charge in [-0.1, -0.05) is 54.6 Å². The first-order valence-corrected chi connectivity index (χ1v) is 11.1. The molecule has 5 rings (SSSR count). The van der Waals surface area contributed by atoms with Crippen LogP contribution in [0.1, 0.15) is 30.1 Å². The third-order valence-electron chi connectivity index (χ3n) is 5.57. The van der Waals surface area contributed by atoms with Gasteiger partial charge < -0.3 is 15.8 Å². The minimum atomic E-state index is -0.236. The molecule has 5 heteroatoms. The molecule has 1 heterocycles. The minimum Gasteiger partial charge on any atom is -0.485 e. The van der Waals surface area contributed by atoms with Crippen molar-refractivity contribution in [2.24, 2.45) is 0 Å². The zero-order valence-electron chi connectivity index (χ0n) is 18.3. The zero-order valence-corrected chi connectivity index (χ0v) is 18.3. The van der Waals surface area contributed by atoms with Crippen LogP contribution in [0.3, 0.4) is 0 Å². The van der Waals surface area contributed by atoms with Gasteiger partial charge in [-0.3, -0.25) is 4.79 Å². The van der Waals surface area contributed by atoms with E-state index in [2.05, 4.69) is 29.6 Å². The Morgan fingerprint density at radius 3 is 2.30 bits per heavy atom. The summed E-state index contributed by atoms with van der Waals surface area (Å²) in [6.45, 7) is 0.888. The van der Waals surface area contributed by atoms with E-state index >= 15 is 0 Å². The molecule has 0 aliphatic carbocycles. The van der Waals surface area contributed by atoms with Crippen LogP contribution in [0.5, 0.6) is 5.75 Å². The third kappa shape index (κ3) is 6.10. The Balaban J connectivity index is 0.000000376. The van der Waals surface area contributed by atoms with E-state index in [4.69, 9.17) is 10.5 Å². The molecule has 0 saturated carbocycles. The van der Waals surface area contributed by atoms with Gasteiger partial charge in [0.25, 0.3) is 0 Å². The number of nitrogens with one attached hydrogen (secondary N) is 1. The maximum atomic E-state index is 13.3. The van der Waals surface area contributed by atoms with Crippen LogP contribution in [-0.4, -0.2) is 12.5 Å². The van der Waals surface area contributed by atoms with E-state index in [9.17, 15) is 9.18 Å². The number of halogens is 1. The second-order valence-electron chi connectivity index (χ2n) is 8.03. The molecule has 4 aromatic carbocycles. The molecule has 0 aromatic heterocycles. The Morgan fingerprint density at radius 2 is 1.64 bits per heavy atom. The second kappa shape index (κ2) is 10.6. The van der Waals surface area contributed by atoms with Crippen molar-refractivity contribution in [3.63, 3.8) is 0 Å². The maximum absolute atomic E-state index is 13.3. The topological polar surface area (TPSA) is 64.3 Å². The van der Waals surface area contributed by atoms with Crippen LogP contribution in [-0.2, 0) is 11.2 Å². The molecule has 168 valence electrons. The molecule has 0 radical (unpaired) electrons. The minimum absolute atomic E-state index is 0.204. The highest BCUT2D eigenvalue weighted by atomic mass is 19.1. The van der Waals surface area contributed by atoms with E-state index in [-0.39, 0.29) is 17.8 Å². The van der Waals surface area contributed by atoms with Gasteiger partial charge in [0.2, 0.25) is 5.91 Å². The lowest BCUT2D eigenvalue weighted by molar-refractivity contribution is -0.119. The van der Waals surface area contributed by atoms with Gasteiger partial charge in [0, 0.05) is 30.6 Å². The monoisotopic (exact) mass is 442 g/mol. The Labute approximate surface area is 193 Å². The molecular formula is C28H27FN2O2. The number of rotatable bonds is 5. The number of hydrogen-bond acceptors (Lipinski definition) is 3. The van der Waals surface area contributed by atoms with Gasteiger partial charge in [-0.2, -0.15) is 0 Å². The molecule has 1 aliphatic rings. The fourth-order valence-corrected chi connectivity index (χ4v) is 3.86. The molecule has 1 atom stereocenters. The molecular weight excluding hydrogens is 415 g/mol. The summed E-state index contributed by atoms with van der Waals surface area (Å²) in [4.78, 5) is 10.1. The van der Waals surface area contributed by atoms with Crippen LogP contribution in [0.15, 0.2) is 91.0 Å². The van der Waals surface area contributed by atoms with Gasteiger partial charge >= 0.3 is 0 Å². The number of amides is 1. The zero-order chi connectivity index (χ0) is 23.0. The molecule has 0 bridgehead atoms. The molecule has 1 unspecified atom stereocenters. The van der Waals surface area contributed by atoms with Crippen molar-refractivity contribution < 1.29 is 13.9 Å². The summed E-state index contributed by atoms with van der Waals surface area (Å²) >= 11 is 0. The lowest BCUT2D eigenvalue weighted by Crippen LogP contribution is -2.12. The van der Waals surface area contributed by atoms with Crippen LogP contribution in [0.25, 0.3) is 10.8 Å². The number of carbonyl (C=O) groups is 1. The van der Waals surface area contributed by atoms with Crippen molar-refractivity contribution >= 4 is 22.4 Å². The highest BCUT2D eigenvalue weighted by Crippen LogP contribution is 2.31. The molecule has 1 amide bonds. The van der Waals surface area contributed by atoms with Crippen LogP contribution in [0.4, 0.5) is 10.1 Å². The van der Waals surface area contributed by atoms with Gasteiger partial charge in [-0.25, -0.2) is 4.39 Å². The SMILES string of the molecule is Nc1ccc(OC(Cc2ccc(F)cc2)c2cccc3ccccc23)cc1.O=C1CCCN1. The van der Waals surface area contributed by atoms with Crippen molar-refractivity contribution in [1.82, 2.24) is 5.32 Å². The molecule has 0 spiro atoms. The largest absolute Gasteiger partial charge is 0.485 e. The predicted octanol–water partition coefficient (Wildman–Crippen LogP) is 5.82. The van der Waals surface area contributed by atoms with Gasteiger partial charge in [-0.15, -0.1) is 0 Å². The average molecular weight is 443 g/mol. The Morgan fingerprint density at radius 1 is 0.909 bits per heavy atom. The number of hydrogen-bond donors (Lipinski definition) is 2. The van der Waals surface area contributed by atoms with Crippen molar-refractivity contribution in [2.45, 2.75) is 25.4 Å². The Bertz CT molecular complexity index is 1150. The summed E-state index contributed by atoms with van der Waals surface area (Å²) in [5, 5.41) is 5.00. The van der Waals surface area contributed by atoms with Gasteiger partial charge in [0.15, 0.2) is 0 Å². The molecule has 1 saturated heterocycles. The van der Waals surface area contributed by atoms with E-state index in [0.29, 0.717) is 12.1 Å². The van der Waals surface area contributed by atoms with Crippen molar-refractivity contribution in [1.29, 1.82) is 0 Å². The van der Waals surface area contributed by atoms with E-state index in [1.165, 1.54) is 17.5 Å². The highest BCUT2D eigenvalue weighted by molar-refractivity contribution is 5.86. The van der Waals surface area contributed by atoms with Gasteiger partial charge in [0.05, 0.1) is 0 Å². The lowest BCUT2D eigenvalue weighted by Gasteiger charge is -2.22. The number of nitrogens with two attached hydrogens (primary N) is 1. The van der Waals surface area contributed by atoms with E-state index < -0.39 is 0 Å². The predicted molar refractivity (Wildman–Crippen MR) is 131 cm³/mol. The van der Waals surface area contributed by atoms with E-state index in [0.717, 1.165) is 41.6 Å². The number of ether oxygens (including phenoxy) is 1. The Hall–Kier alpha value is -3.86. The van der Waals surface area contributed by atoms with E-state index in [1.807, 2.05) is 42.5 Å². The summed E-state index contributed by atoms with van der Waals surface area (Å²) in [5.74, 6) is 0.721. The third-order valence-corrected chi connectivity index (χ3v) is 5.57. The molecule has 4 nitrogen and oxygen atoms in total. The van der Waals surface area contributed by atoms with Crippen molar-refractivity contribution in [3.8, 4) is 5.75 Å². The first-order valence-electron chi connectivity index (χ1n) is 11.1. The molecule has 33 heavy (non-hydrogen) atoms. The number of anilines is 1. The molecule has 1 aliphatic heterocycles. The van der Waals surface area contributed by atoms with Crippen LogP contribution in [0, 0.1) is 5.82 Å². The molecule has 4 aromatic rings. The molecule has 3 N–H and O–H groups in total. The van der Waals surface area contributed by atoms with Crippen molar-refractivity contribution in [2.75, 3.05) is 12.3 Å². The summed E-state index contributed by atoms with van der Waals surface area (Å²) in [7, 11) is 0. The van der Waals surface area contributed by atoms with Crippen molar-refractivity contribution in [3.05, 3.63) is 108 Å². The van der Waals surface area contributed by atoms with Crippen LogP contribution >= 0.6 is 0 Å². The Kier molecular flexibility index (Phi) is 7.20. The average Bonchev–Trinajstić information content (AvgIpc) is 3.32. The number of nitrogen functional groups attached to an aromatic ring is 1. The first-order chi connectivity index (χ1) is 16.1. The summed E-state index contributed by atoms with van der Waals surface area (Å²) < 4.78 is 19.6. The van der Waals surface area contributed by atoms with E-state index in [1.54, 1.807) is 12.1 Å². The smallest absolute Gasteiger partial charge is 0.220 e. The standard InChI is InChI=1S/C24H20FNO.C4H7NO/c25-19-10-8-17(9-11-19)16-24(27-21-14-12-20(26)13-15-21)23-7-3-5-18-4-1-2-6-22(18)23;6-4-2-1-3-5-4/h1-15,24H,16,26H2;1-3H2,(H,5,6). The van der Waals surface area contributed by atoms with Crippen LogP contribution in [0.2, 0.25) is 0 Å². The normalized spacial score (nSPS) is 13.7. The number of benzene rings is 4. The second-order valence-corrected chi connectivity index (χ2v) is 8.03. The van der Waals surface area contributed by atoms with Gasteiger partial charge in [-0.05, 0) is 59.2 Å². The van der Waals surface area contributed by atoms with Gasteiger partial charge in [0.1, 0.15) is 17.7 Å². The number of fused-ring (bicyclic) bond motifs is 1. The highest BCUT2D eigenvalue weighted by Gasteiger charge is 2.17. The lowest BCUT2D eigenvalue weighted by atomic mass is 9.96.